The molecular formula is C17H21BrN2O. The lowest BCUT2D eigenvalue weighted by atomic mass is 10.1. The molecule has 0 aliphatic heterocycles. The van der Waals surface area contributed by atoms with Gasteiger partial charge >= 0.3 is 0 Å². The summed E-state index contributed by atoms with van der Waals surface area (Å²) in [6.45, 7) is 2.00. The Morgan fingerprint density at radius 3 is 2.48 bits per heavy atom. The molecule has 112 valence electrons. The number of benzene rings is 2. The quantitative estimate of drug-likeness (QED) is 0.879. The van der Waals surface area contributed by atoms with Gasteiger partial charge in [0.1, 0.15) is 11.5 Å². The van der Waals surface area contributed by atoms with Crippen molar-refractivity contribution in [3.8, 4) is 11.5 Å². The molecule has 0 aliphatic rings. The van der Waals surface area contributed by atoms with Gasteiger partial charge in [-0.15, -0.1) is 0 Å². The van der Waals surface area contributed by atoms with Crippen LogP contribution in [0.4, 0.5) is 5.69 Å². The second-order valence-corrected chi connectivity index (χ2v) is 6.28. The predicted octanol–water partition coefficient (Wildman–Crippen LogP) is 4.20. The van der Waals surface area contributed by atoms with Crippen LogP contribution in [0.15, 0.2) is 46.9 Å². The Balaban J connectivity index is 2.16. The summed E-state index contributed by atoms with van der Waals surface area (Å²) in [6, 6.07) is 14.2. The molecule has 1 unspecified atom stereocenters. The zero-order valence-corrected chi connectivity index (χ0v) is 14.2. The monoisotopic (exact) mass is 348 g/mol. The summed E-state index contributed by atoms with van der Waals surface area (Å²) in [5.74, 6) is 1.64. The van der Waals surface area contributed by atoms with E-state index in [0.717, 1.165) is 28.1 Å². The molecule has 1 atom stereocenters. The van der Waals surface area contributed by atoms with Gasteiger partial charge in [0, 0.05) is 36.4 Å². The average Bonchev–Trinajstić information content (AvgIpc) is 2.42. The SMILES string of the molecule is CC(N)Cc1ccc(Oc2cccc(N(C)C)c2)cc1Br. The van der Waals surface area contributed by atoms with E-state index in [1.165, 1.54) is 5.56 Å². The molecule has 2 N–H and O–H groups in total. The number of hydrogen-bond acceptors (Lipinski definition) is 3. The second-order valence-electron chi connectivity index (χ2n) is 5.43. The Bertz CT molecular complexity index is 611. The van der Waals surface area contributed by atoms with Crippen LogP contribution < -0.4 is 15.4 Å². The summed E-state index contributed by atoms with van der Waals surface area (Å²) >= 11 is 3.58. The van der Waals surface area contributed by atoms with E-state index in [9.17, 15) is 0 Å². The molecule has 3 nitrogen and oxygen atoms in total. The van der Waals surface area contributed by atoms with Gasteiger partial charge in [-0.1, -0.05) is 28.1 Å². The summed E-state index contributed by atoms with van der Waals surface area (Å²) < 4.78 is 6.95. The molecule has 0 saturated heterocycles. The first-order valence-electron chi connectivity index (χ1n) is 6.95. The molecule has 21 heavy (non-hydrogen) atoms. The summed E-state index contributed by atoms with van der Waals surface area (Å²) in [5.41, 5.74) is 8.15. The smallest absolute Gasteiger partial charge is 0.129 e. The second kappa shape index (κ2) is 6.96. The first-order valence-corrected chi connectivity index (χ1v) is 7.74. The van der Waals surface area contributed by atoms with Crippen molar-refractivity contribution in [1.29, 1.82) is 0 Å². The number of anilines is 1. The molecule has 0 heterocycles. The van der Waals surface area contributed by atoms with E-state index in [-0.39, 0.29) is 6.04 Å². The Hall–Kier alpha value is -1.52. The standard InChI is InChI=1S/C17H21BrN2O/c1-12(19)9-13-7-8-16(11-17(13)18)21-15-6-4-5-14(10-15)20(2)3/h4-8,10-12H,9,19H2,1-3H3. The summed E-state index contributed by atoms with van der Waals surface area (Å²) in [6.07, 6.45) is 0.844. The third-order valence-electron chi connectivity index (χ3n) is 3.14. The van der Waals surface area contributed by atoms with Gasteiger partial charge in [-0.05, 0) is 43.2 Å². The fourth-order valence-corrected chi connectivity index (χ4v) is 2.58. The first-order chi connectivity index (χ1) is 9.95. The zero-order valence-electron chi connectivity index (χ0n) is 12.6. The number of hydrogen-bond donors (Lipinski definition) is 1. The molecule has 0 aromatic heterocycles. The Morgan fingerprint density at radius 1 is 1.14 bits per heavy atom. The van der Waals surface area contributed by atoms with Gasteiger partial charge in [0.2, 0.25) is 0 Å². The maximum Gasteiger partial charge on any atom is 0.129 e. The van der Waals surface area contributed by atoms with E-state index in [2.05, 4.69) is 33.0 Å². The van der Waals surface area contributed by atoms with Crippen LogP contribution in [0.5, 0.6) is 11.5 Å². The minimum atomic E-state index is 0.143. The third kappa shape index (κ3) is 4.48. The van der Waals surface area contributed by atoms with Crippen LogP contribution in [0.3, 0.4) is 0 Å². The highest BCUT2D eigenvalue weighted by atomic mass is 79.9. The molecule has 0 amide bonds. The molecule has 0 radical (unpaired) electrons. The van der Waals surface area contributed by atoms with Crippen LogP contribution in [-0.4, -0.2) is 20.1 Å². The van der Waals surface area contributed by atoms with Crippen LogP contribution in [-0.2, 0) is 6.42 Å². The number of ether oxygens (including phenoxy) is 1. The highest BCUT2D eigenvalue weighted by Crippen LogP contribution is 2.29. The van der Waals surface area contributed by atoms with Gasteiger partial charge in [0.15, 0.2) is 0 Å². The van der Waals surface area contributed by atoms with E-state index in [4.69, 9.17) is 10.5 Å². The summed E-state index contributed by atoms with van der Waals surface area (Å²) in [7, 11) is 4.02. The van der Waals surface area contributed by atoms with Crippen LogP contribution in [0.2, 0.25) is 0 Å². The van der Waals surface area contributed by atoms with Crippen molar-refractivity contribution in [1.82, 2.24) is 0 Å². The molecule has 0 saturated carbocycles. The minimum absolute atomic E-state index is 0.143. The maximum absolute atomic E-state index is 5.92. The van der Waals surface area contributed by atoms with E-state index in [1.54, 1.807) is 0 Å². The zero-order chi connectivity index (χ0) is 15.4. The van der Waals surface area contributed by atoms with Crippen LogP contribution >= 0.6 is 15.9 Å². The predicted molar refractivity (Wildman–Crippen MR) is 92.3 cm³/mol. The Labute approximate surface area is 134 Å². The van der Waals surface area contributed by atoms with Gasteiger partial charge in [0.05, 0.1) is 0 Å². The van der Waals surface area contributed by atoms with Crippen LogP contribution in [0, 0.1) is 0 Å². The lowest BCUT2D eigenvalue weighted by molar-refractivity contribution is 0.482. The largest absolute Gasteiger partial charge is 0.457 e. The average molecular weight is 349 g/mol. The fourth-order valence-electron chi connectivity index (χ4n) is 2.07. The van der Waals surface area contributed by atoms with Crippen LogP contribution in [0.1, 0.15) is 12.5 Å². The van der Waals surface area contributed by atoms with E-state index in [1.807, 2.05) is 51.4 Å². The highest BCUT2D eigenvalue weighted by molar-refractivity contribution is 9.10. The van der Waals surface area contributed by atoms with Gasteiger partial charge < -0.3 is 15.4 Å². The summed E-state index contributed by atoms with van der Waals surface area (Å²) in [4.78, 5) is 2.05. The van der Waals surface area contributed by atoms with Crippen molar-refractivity contribution in [2.24, 2.45) is 5.73 Å². The van der Waals surface area contributed by atoms with Crippen molar-refractivity contribution < 1.29 is 4.74 Å². The molecule has 2 rings (SSSR count). The van der Waals surface area contributed by atoms with Crippen molar-refractivity contribution in [3.05, 3.63) is 52.5 Å². The number of halogens is 1. The molecule has 0 aliphatic carbocycles. The third-order valence-corrected chi connectivity index (χ3v) is 3.87. The molecule has 0 spiro atoms. The highest BCUT2D eigenvalue weighted by Gasteiger charge is 2.06. The van der Waals surface area contributed by atoms with Gasteiger partial charge in [-0.3, -0.25) is 0 Å². The minimum Gasteiger partial charge on any atom is -0.457 e. The van der Waals surface area contributed by atoms with E-state index in [0.29, 0.717) is 0 Å². The van der Waals surface area contributed by atoms with Crippen molar-refractivity contribution >= 4 is 21.6 Å². The molecule has 0 bridgehead atoms. The number of nitrogens with zero attached hydrogens (tertiary/aromatic N) is 1. The van der Waals surface area contributed by atoms with Gasteiger partial charge in [0.25, 0.3) is 0 Å². The Kier molecular flexibility index (Phi) is 5.26. The number of rotatable bonds is 5. The molecule has 2 aromatic carbocycles. The van der Waals surface area contributed by atoms with Crippen molar-refractivity contribution in [3.63, 3.8) is 0 Å². The van der Waals surface area contributed by atoms with E-state index < -0.39 is 0 Å². The molecule has 4 heteroatoms. The molecule has 2 aromatic rings. The fraction of sp³-hybridized carbons (Fsp3) is 0.294. The van der Waals surface area contributed by atoms with Crippen molar-refractivity contribution in [2.75, 3.05) is 19.0 Å². The lowest BCUT2D eigenvalue weighted by Gasteiger charge is -2.14. The topological polar surface area (TPSA) is 38.5 Å². The van der Waals surface area contributed by atoms with Gasteiger partial charge in [-0.2, -0.15) is 0 Å². The number of nitrogens with two attached hydrogens (primary N) is 1. The maximum atomic E-state index is 5.92. The van der Waals surface area contributed by atoms with E-state index >= 15 is 0 Å². The van der Waals surface area contributed by atoms with Crippen molar-refractivity contribution in [2.45, 2.75) is 19.4 Å². The Morgan fingerprint density at radius 2 is 1.86 bits per heavy atom. The van der Waals surface area contributed by atoms with Crippen LogP contribution in [0.25, 0.3) is 0 Å². The molecule has 0 fully saturated rings. The molecular weight excluding hydrogens is 328 g/mol. The van der Waals surface area contributed by atoms with Gasteiger partial charge in [-0.25, -0.2) is 0 Å². The normalized spacial score (nSPS) is 12.0. The first kappa shape index (κ1) is 15.9. The lowest BCUT2D eigenvalue weighted by Crippen LogP contribution is -2.17. The summed E-state index contributed by atoms with van der Waals surface area (Å²) in [5, 5.41) is 0.